The lowest BCUT2D eigenvalue weighted by Crippen LogP contribution is -2.51. The van der Waals surface area contributed by atoms with Crippen molar-refractivity contribution in [2.24, 2.45) is 0 Å². The lowest BCUT2D eigenvalue weighted by Gasteiger charge is -2.42. The van der Waals surface area contributed by atoms with Crippen LogP contribution in [0.2, 0.25) is 16.6 Å². The van der Waals surface area contributed by atoms with Gasteiger partial charge in [0.15, 0.2) is 17.4 Å². The Bertz CT molecular complexity index is 733. The zero-order valence-electron chi connectivity index (χ0n) is 15.5. The normalized spacial score (nSPS) is 16.5. The quantitative estimate of drug-likeness (QED) is 0.294. The van der Waals surface area contributed by atoms with Crippen LogP contribution in [0.5, 0.6) is 5.75 Å². The molecule has 1 aromatic carbocycles. The van der Waals surface area contributed by atoms with Gasteiger partial charge in [-0.05, 0) is 16.6 Å². The van der Waals surface area contributed by atoms with Crippen molar-refractivity contribution < 1.29 is 30.8 Å². The molecule has 26 heavy (non-hydrogen) atoms. The van der Waals surface area contributed by atoms with Crippen molar-refractivity contribution in [3.8, 4) is 5.75 Å². The number of fused-ring (bicyclic) bond motifs is 1. The van der Waals surface area contributed by atoms with Gasteiger partial charge in [0.2, 0.25) is 5.82 Å². The molecule has 1 aliphatic carbocycles. The first kappa shape index (κ1) is 20.9. The minimum Gasteiger partial charge on any atom is -0.539 e. The molecule has 0 bridgehead atoms. The zero-order valence-corrected chi connectivity index (χ0v) is 16.5. The molecule has 0 N–H and O–H groups in total. The van der Waals surface area contributed by atoms with Crippen molar-refractivity contribution >= 4 is 14.1 Å². The van der Waals surface area contributed by atoms with Crippen molar-refractivity contribution in [3.63, 3.8) is 0 Å². The molecule has 0 radical (unpaired) electrons. The maximum Gasteiger partial charge on any atom is 0.298 e. The van der Waals surface area contributed by atoms with E-state index in [1.54, 1.807) is 0 Å². The van der Waals surface area contributed by atoms with Crippen LogP contribution in [0.3, 0.4) is 0 Å². The van der Waals surface area contributed by atoms with Crippen molar-refractivity contribution in [1.82, 2.24) is 0 Å². The number of hydrogen-bond acceptors (Lipinski definition) is 1. The van der Waals surface area contributed by atoms with Crippen LogP contribution in [0.1, 0.15) is 52.7 Å². The molecule has 0 heterocycles. The molecule has 146 valence electrons. The number of allylic oxidation sites excluding steroid dienone is 1. The third-order valence-electron chi connectivity index (χ3n) is 5.15. The molecule has 8 heteroatoms. The predicted molar refractivity (Wildman–Crippen MR) is 91.0 cm³/mol. The molecule has 1 nitrogen and oxygen atoms in total. The highest BCUT2D eigenvalue weighted by Crippen LogP contribution is 2.51. The molecule has 0 aromatic heterocycles. The van der Waals surface area contributed by atoms with Gasteiger partial charge in [0.05, 0.1) is 11.1 Å². The smallest absolute Gasteiger partial charge is 0.298 e. The lowest BCUT2D eigenvalue weighted by atomic mass is 10.1. The van der Waals surface area contributed by atoms with Gasteiger partial charge in [-0.15, -0.1) is 0 Å². The van der Waals surface area contributed by atoms with Gasteiger partial charge in [-0.3, -0.25) is 0 Å². The van der Waals surface area contributed by atoms with E-state index in [1.165, 1.54) is 0 Å². The highest BCUT2D eigenvalue weighted by atomic mass is 28.4. The van der Waals surface area contributed by atoms with E-state index in [0.29, 0.717) is 0 Å². The fraction of sp³-hybridized carbons (Fsp3) is 0.556. The Morgan fingerprint density at radius 2 is 1.27 bits per heavy atom. The number of alkyl halides is 2. The molecular weight excluding hydrogens is 374 g/mol. The molecule has 0 aliphatic heterocycles. The molecule has 2 rings (SSSR count). The maximum atomic E-state index is 14.8. The van der Waals surface area contributed by atoms with Gasteiger partial charge in [-0.25, -0.2) is 13.2 Å². The van der Waals surface area contributed by atoms with Crippen molar-refractivity contribution in [1.29, 1.82) is 0 Å². The average molecular weight is 396 g/mol. The topological polar surface area (TPSA) is 9.23 Å². The Morgan fingerprint density at radius 3 is 1.69 bits per heavy atom. The van der Waals surface area contributed by atoms with Gasteiger partial charge in [0.1, 0.15) is 5.83 Å². The van der Waals surface area contributed by atoms with E-state index in [0.717, 1.165) is 0 Å². The van der Waals surface area contributed by atoms with Gasteiger partial charge < -0.3 is 4.43 Å². The van der Waals surface area contributed by atoms with E-state index in [2.05, 4.69) is 0 Å². The van der Waals surface area contributed by atoms with Crippen LogP contribution in [0.25, 0.3) is 5.83 Å². The van der Waals surface area contributed by atoms with E-state index in [-0.39, 0.29) is 22.7 Å². The monoisotopic (exact) mass is 396 g/mol. The fourth-order valence-electron chi connectivity index (χ4n) is 4.10. The van der Waals surface area contributed by atoms with Crippen molar-refractivity contribution in [2.45, 2.75) is 64.1 Å². The minimum atomic E-state index is -4.08. The number of rotatable bonds is 5. The average Bonchev–Trinajstić information content (AvgIpc) is 2.73. The Morgan fingerprint density at radius 1 is 0.808 bits per heavy atom. The highest BCUT2D eigenvalue weighted by molar-refractivity contribution is 6.78. The molecule has 0 saturated carbocycles. The van der Waals surface area contributed by atoms with Crippen LogP contribution in [0.15, 0.2) is 6.08 Å². The Kier molecular flexibility index (Phi) is 5.31. The summed E-state index contributed by atoms with van der Waals surface area (Å²) in [5.41, 5.74) is -3.28. The lowest BCUT2D eigenvalue weighted by molar-refractivity contribution is 0.0506. The summed E-state index contributed by atoms with van der Waals surface area (Å²) in [6.45, 7) is 10.9. The SMILES string of the molecule is CC(C)[Si](Oc1c(F)c(F)c2c(c1F)C(F)(F)C=C2F)(C(C)C)C(C)C. The molecule has 0 saturated heterocycles. The molecule has 0 amide bonds. The van der Waals surface area contributed by atoms with Gasteiger partial charge in [-0.2, -0.15) is 13.2 Å². The zero-order chi connectivity index (χ0) is 20.2. The van der Waals surface area contributed by atoms with E-state index in [9.17, 15) is 26.3 Å². The molecule has 0 spiro atoms. The van der Waals surface area contributed by atoms with Crippen LogP contribution in [0.4, 0.5) is 26.3 Å². The molecule has 0 fully saturated rings. The third-order valence-corrected chi connectivity index (χ3v) is 11.1. The summed E-state index contributed by atoms with van der Waals surface area (Å²) >= 11 is 0. The summed E-state index contributed by atoms with van der Waals surface area (Å²) < 4.78 is 91.0. The molecule has 0 atom stereocenters. The maximum absolute atomic E-state index is 14.8. The standard InChI is InChI=1S/C18H22F6OSi/c1-8(2)26(9(3)4,10(5)6)25-17-15(21)13-12(14(20)16(17)22)11(19)7-18(13,23)24/h7-10H,1-6H3. The minimum absolute atomic E-state index is 0.131. The van der Waals surface area contributed by atoms with Crippen molar-refractivity contribution in [3.05, 3.63) is 34.7 Å². The van der Waals surface area contributed by atoms with Crippen LogP contribution in [-0.4, -0.2) is 8.32 Å². The summed E-state index contributed by atoms with van der Waals surface area (Å²) in [6, 6.07) is 0. The van der Waals surface area contributed by atoms with Gasteiger partial charge in [0.25, 0.3) is 14.2 Å². The van der Waals surface area contributed by atoms with Crippen LogP contribution >= 0.6 is 0 Å². The van der Waals surface area contributed by atoms with E-state index in [4.69, 9.17) is 4.43 Å². The fourth-order valence-corrected chi connectivity index (χ4v) is 9.34. The first-order valence-corrected chi connectivity index (χ1v) is 10.6. The summed E-state index contributed by atoms with van der Waals surface area (Å²) in [6.07, 6.45) is -0.217. The van der Waals surface area contributed by atoms with Crippen molar-refractivity contribution in [2.75, 3.05) is 0 Å². The molecule has 0 unspecified atom stereocenters. The predicted octanol–water partition coefficient (Wildman–Crippen LogP) is 7.07. The number of benzene rings is 1. The van der Waals surface area contributed by atoms with Crippen LogP contribution < -0.4 is 4.43 Å². The number of halogens is 6. The molecular formula is C18H22F6OSi. The van der Waals surface area contributed by atoms with Gasteiger partial charge in [0, 0.05) is 6.08 Å². The second kappa shape index (κ2) is 6.62. The first-order chi connectivity index (χ1) is 11.8. The van der Waals surface area contributed by atoms with E-state index in [1.807, 2.05) is 41.5 Å². The van der Waals surface area contributed by atoms with Gasteiger partial charge >= 0.3 is 0 Å². The molecule has 1 aromatic rings. The Labute approximate surface area is 150 Å². The number of hydrogen-bond donors (Lipinski definition) is 0. The van der Waals surface area contributed by atoms with Gasteiger partial charge in [-0.1, -0.05) is 41.5 Å². The highest BCUT2D eigenvalue weighted by Gasteiger charge is 2.51. The first-order valence-electron chi connectivity index (χ1n) is 8.45. The second-order valence-corrected chi connectivity index (χ2v) is 12.9. The van der Waals surface area contributed by atoms with Crippen LogP contribution in [0, 0.1) is 17.5 Å². The second-order valence-electron chi connectivity index (χ2n) is 7.56. The summed E-state index contributed by atoms with van der Waals surface area (Å²) in [5, 5.41) is 0. The van der Waals surface area contributed by atoms with E-state index >= 15 is 0 Å². The Balaban J connectivity index is 2.76. The summed E-state index contributed by atoms with van der Waals surface area (Å²) in [7, 11) is -2.95. The summed E-state index contributed by atoms with van der Waals surface area (Å²) in [4.78, 5) is 0. The van der Waals surface area contributed by atoms with Crippen LogP contribution in [-0.2, 0) is 5.92 Å². The largest absolute Gasteiger partial charge is 0.539 e. The third kappa shape index (κ3) is 2.86. The van der Waals surface area contributed by atoms with E-state index < -0.39 is 54.4 Å². The molecule has 1 aliphatic rings. The summed E-state index contributed by atoms with van der Waals surface area (Å²) in [5.74, 6) is -12.3. The Hall–Kier alpha value is -1.44.